The van der Waals surface area contributed by atoms with Gasteiger partial charge in [-0.3, -0.25) is 14.5 Å². The van der Waals surface area contributed by atoms with Crippen LogP contribution in [-0.2, 0) is 9.59 Å². The molecule has 0 aromatic carbocycles. The molecule has 1 aliphatic heterocycles. The molecule has 2 amide bonds. The first-order chi connectivity index (χ1) is 7.64. The summed E-state index contributed by atoms with van der Waals surface area (Å²) in [5, 5.41) is 0. The van der Waals surface area contributed by atoms with E-state index in [0.717, 1.165) is 0 Å². The van der Waals surface area contributed by atoms with E-state index in [4.69, 9.17) is 5.73 Å². The minimum absolute atomic E-state index is 0.0899. The van der Waals surface area contributed by atoms with E-state index in [2.05, 4.69) is 0 Å². The summed E-state index contributed by atoms with van der Waals surface area (Å²) in [6, 6.07) is 0. The molecule has 98 valence electrons. The van der Waals surface area contributed by atoms with Crippen molar-refractivity contribution in [3.05, 3.63) is 0 Å². The van der Waals surface area contributed by atoms with Crippen LogP contribution in [0.3, 0.4) is 0 Å². The number of carbonyl (C=O) groups excluding carboxylic acids is 2. The monoisotopic (exact) mass is 240 g/mol. The molecular formula is C13H24N2O2. The van der Waals surface area contributed by atoms with Crippen LogP contribution in [0.4, 0.5) is 0 Å². The Hall–Kier alpha value is -0.900. The van der Waals surface area contributed by atoms with Crippen LogP contribution in [0.25, 0.3) is 0 Å². The summed E-state index contributed by atoms with van der Waals surface area (Å²) in [6.07, 6.45) is 0.835. The minimum Gasteiger partial charge on any atom is -0.328 e. The lowest BCUT2D eigenvalue weighted by molar-refractivity contribution is -0.161. The van der Waals surface area contributed by atoms with Crippen LogP contribution < -0.4 is 5.73 Å². The van der Waals surface area contributed by atoms with Crippen LogP contribution in [0.1, 0.15) is 47.5 Å². The second kappa shape index (κ2) is 4.41. The standard InChI is InChI=1S/C13H24N2O2/c1-9(2)13(5,8-14)15-10(16)6-12(3,4)7-11(15)17/h9H,6-8,14H2,1-5H3. The van der Waals surface area contributed by atoms with E-state index in [-0.39, 0.29) is 23.1 Å². The maximum Gasteiger partial charge on any atom is 0.230 e. The van der Waals surface area contributed by atoms with Gasteiger partial charge in [0, 0.05) is 19.4 Å². The van der Waals surface area contributed by atoms with Gasteiger partial charge in [0.05, 0.1) is 5.54 Å². The number of nitrogens with two attached hydrogens (primary N) is 1. The molecule has 1 atom stereocenters. The van der Waals surface area contributed by atoms with Gasteiger partial charge >= 0.3 is 0 Å². The van der Waals surface area contributed by atoms with Crippen molar-refractivity contribution in [2.24, 2.45) is 17.1 Å². The van der Waals surface area contributed by atoms with E-state index >= 15 is 0 Å². The van der Waals surface area contributed by atoms with Crippen molar-refractivity contribution in [1.82, 2.24) is 4.90 Å². The number of amides is 2. The zero-order chi connectivity index (χ0) is 13.4. The quantitative estimate of drug-likeness (QED) is 0.761. The summed E-state index contributed by atoms with van der Waals surface area (Å²) < 4.78 is 0. The van der Waals surface area contributed by atoms with Gasteiger partial charge in [-0.25, -0.2) is 0 Å². The Bertz CT molecular complexity index is 316. The van der Waals surface area contributed by atoms with Crippen LogP contribution >= 0.6 is 0 Å². The Morgan fingerprint density at radius 3 is 2.00 bits per heavy atom. The summed E-state index contributed by atoms with van der Waals surface area (Å²) in [6.45, 7) is 10.1. The maximum atomic E-state index is 12.2. The van der Waals surface area contributed by atoms with Gasteiger partial charge in [0.2, 0.25) is 11.8 Å². The molecule has 0 radical (unpaired) electrons. The number of hydrogen-bond donors (Lipinski definition) is 1. The number of hydrogen-bond acceptors (Lipinski definition) is 3. The molecule has 1 aliphatic rings. The van der Waals surface area contributed by atoms with Crippen molar-refractivity contribution in [3.8, 4) is 0 Å². The molecule has 0 saturated carbocycles. The minimum atomic E-state index is -0.565. The van der Waals surface area contributed by atoms with Crippen LogP contribution in [0, 0.1) is 11.3 Å². The van der Waals surface area contributed by atoms with Crippen molar-refractivity contribution in [2.75, 3.05) is 6.54 Å². The lowest BCUT2D eigenvalue weighted by atomic mass is 9.77. The first-order valence-corrected chi connectivity index (χ1v) is 6.20. The molecule has 4 heteroatoms. The highest BCUT2D eigenvalue weighted by molar-refractivity contribution is 5.99. The van der Waals surface area contributed by atoms with Crippen molar-refractivity contribution in [3.63, 3.8) is 0 Å². The first-order valence-electron chi connectivity index (χ1n) is 6.20. The fraction of sp³-hybridized carbons (Fsp3) is 0.846. The molecule has 17 heavy (non-hydrogen) atoms. The van der Waals surface area contributed by atoms with Crippen LogP contribution in [0.15, 0.2) is 0 Å². The molecule has 1 fully saturated rings. The van der Waals surface area contributed by atoms with Crippen LogP contribution in [0.2, 0.25) is 0 Å². The van der Waals surface area contributed by atoms with E-state index < -0.39 is 5.54 Å². The predicted molar refractivity (Wildman–Crippen MR) is 67.2 cm³/mol. The number of nitrogens with zero attached hydrogens (tertiary/aromatic N) is 1. The fourth-order valence-electron chi connectivity index (χ4n) is 2.33. The third kappa shape index (κ3) is 2.51. The fourth-order valence-corrected chi connectivity index (χ4v) is 2.33. The SMILES string of the molecule is CC(C)C(C)(CN)N1C(=O)CC(C)(C)CC1=O. The number of piperidine rings is 1. The van der Waals surface area contributed by atoms with Crippen molar-refractivity contribution in [2.45, 2.75) is 53.0 Å². The third-order valence-electron chi connectivity index (χ3n) is 3.93. The highest BCUT2D eigenvalue weighted by Crippen LogP contribution is 2.36. The summed E-state index contributed by atoms with van der Waals surface area (Å²) in [7, 11) is 0. The molecular weight excluding hydrogens is 216 g/mol. The molecule has 1 heterocycles. The number of likely N-dealkylation sites (tertiary alicyclic amines) is 1. The highest BCUT2D eigenvalue weighted by Gasteiger charge is 2.46. The molecule has 2 N–H and O–H groups in total. The average Bonchev–Trinajstić information content (AvgIpc) is 2.13. The van der Waals surface area contributed by atoms with Gasteiger partial charge in [0.25, 0.3) is 0 Å². The molecule has 0 aromatic heterocycles. The number of imide groups is 1. The van der Waals surface area contributed by atoms with E-state index in [9.17, 15) is 9.59 Å². The molecule has 1 rings (SSSR count). The molecule has 4 nitrogen and oxygen atoms in total. The average molecular weight is 240 g/mol. The Labute approximate surface area is 104 Å². The highest BCUT2D eigenvalue weighted by atomic mass is 16.2. The molecule has 0 aliphatic carbocycles. The van der Waals surface area contributed by atoms with Crippen molar-refractivity contribution < 1.29 is 9.59 Å². The molecule has 0 spiro atoms. The second-order valence-corrected chi connectivity index (χ2v) is 6.36. The molecule has 0 aromatic rings. The lowest BCUT2D eigenvalue weighted by Crippen LogP contribution is -2.62. The molecule has 0 bridgehead atoms. The van der Waals surface area contributed by atoms with Gasteiger partial charge < -0.3 is 5.73 Å². The summed E-state index contributed by atoms with van der Waals surface area (Å²) >= 11 is 0. The van der Waals surface area contributed by atoms with Gasteiger partial charge in [-0.1, -0.05) is 27.7 Å². The van der Waals surface area contributed by atoms with E-state index in [1.165, 1.54) is 4.90 Å². The largest absolute Gasteiger partial charge is 0.328 e. The van der Waals surface area contributed by atoms with E-state index in [1.807, 2.05) is 34.6 Å². The van der Waals surface area contributed by atoms with Crippen molar-refractivity contribution >= 4 is 11.8 Å². The van der Waals surface area contributed by atoms with E-state index in [1.54, 1.807) is 0 Å². The Morgan fingerprint density at radius 2 is 1.71 bits per heavy atom. The maximum absolute atomic E-state index is 12.2. The van der Waals surface area contributed by atoms with Gasteiger partial charge in [0.1, 0.15) is 0 Å². The molecule has 1 unspecified atom stereocenters. The molecule has 1 saturated heterocycles. The zero-order valence-corrected chi connectivity index (χ0v) is 11.5. The smallest absolute Gasteiger partial charge is 0.230 e. The van der Waals surface area contributed by atoms with Crippen LogP contribution in [-0.4, -0.2) is 28.8 Å². The predicted octanol–water partition coefficient (Wildman–Crippen LogP) is 1.53. The van der Waals surface area contributed by atoms with Crippen LogP contribution in [0.5, 0.6) is 0 Å². The normalized spacial score (nSPS) is 24.1. The van der Waals surface area contributed by atoms with Gasteiger partial charge in [-0.2, -0.15) is 0 Å². The number of rotatable bonds is 3. The van der Waals surface area contributed by atoms with Crippen molar-refractivity contribution in [1.29, 1.82) is 0 Å². The zero-order valence-electron chi connectivity index (χ0n) is 11.5. The summed E-state index contributed by atoms with van der Waals surface area (Å²) in [5.41, 5.74) is 4.99. The Morgan fingerprint density at radius 1 is 1.29 bits per heavy atom. The topological polar surface area (TPSA) is 63.4 Å². The third-order valence-corrected chi connectivity index (χ3v) is 3.93. The Balaban J connectivity index is 3.06. The second-order valence-electron chi connectivity index (χ2n) is 6.36. The summed E-state index contributed by atoms with van der Waals surface area (Å²) in [4.78, 5) is 25.8. The van der Waals surface area contributed by atoms with E-state index in [0.29, 0.717) is 19.4 Å². The first kappa shape index (κ1) is 14.2. The van der Waals surface area contributed by atoms with Gasteiger partial charge in [0.15, 0.2) is 0 Å². The van der Waals surface area contributed by atoms with Gasteiger partial charge in [-0.15, -0.1) is 0 Å². The Kier molecular flexibility index (Phi) is 3.67. The lowest BCUT2D eigenvalue weighted by Gasteiger charge is -2.47. The van der Waals surface area contributed by atoms with Gasteiger partial charge in [-0.05, 0) is 18.3 Å². The number of carbonyl (C=O) groups is 2. The summed E-state index contributed by atoms with van der Waals surface area (Å²) in [5.74, 6) is -0.0255.